The molecule has 7 heteroatoms. The van der Waals surface area contributed by atoms with E-state index in [9.17, 15) is 4.79 Å². The van der Waals surface area contributed by atoms with Gasteiger partial charge in [0.15, 0.2) is 5.13 Å². The van der Waals surface area contributed by atoms with Gasteiger partial charge >= 0.3 is 0 Å². The Balaban J connectivity index is 1.51. The van der Waals surface area contributed by atoms with Crippen molar-refractivity contribution in [2.45, 2.75) is 12.8 Å². The third-order valence-corrected chi connectivity index (χ3v) is 4.50. The molecular weight excluding hydrogens is 324 g/mol. The van der Waals surface area contributed by atoms with Crippen LogP contribution in [-0.4, -0.2) is 40.7 Å². The molecule has 0 saturated heterocycles. The molecule has 24 heavy (non-hydrogen) atoms. The Bertz CT molecular complexity index is 812. The number of aliphatic hydroxyl groups excluding tert-OH is 1. The monoisotopic (exact) mass is 344 g/mol. The molecule has 0 fully saturated rings. The summed E-state index contributed by atoms with van der Waals surface area (Å²) in [4.78, 5) is 19.4. The van der Waals surface area contributed by atoms with E-state index in [4.69, 9.17) is 5.11 Å². The van der Waals surface area contributed by atoms with Crippen LogP contribution in [0.1, 0.15) is 22.5 Å². The Hall–Kier alpha value is -2.38. The van der Waals surface area contributed by atoms with Crippen LogP contribution in [0.2, 0.25) is 0 Å². The highest BCUT2D eigenvalue weighted by Gasteiger charge is 2.10. The molecule has 0 aliphatic carbocycles. The number of aliphatic hydroxyl groups is 1. The SMILES string of the molecule is O=C(NCCCO)c1csc(NCCc2c[nH]c3ccccc23)n1. The summed E-state index contributed by atoms with van der Waals surface area (Å²) in [6, 6.07) is 8.23. The minimum atomic E-state index is -0.204. The molecule has 126 valence electrons. The van der Waals surface area contributed by atoms with Gasteiger partial charge in [0, 0.05) is 42.2 Å². The lowest BCUT2D eigenvalue weighted by Crippen LogP contribution is -2.25. The number of thiazole rings is 1. The van der Waals surface area contributed by atoms with Crippen molar-refractivity contribution >= 4 is 33.3 Å². The highest BCUT2D eigenvalue weighted by Crippen LogP contribution is 2.19. The number of carbonyl (C=O) groups excluding carboxylic acids is 1. The number of hydrogen-bond acceptors (Lipinski definition) is 5. The molecule has 0 atom stereocenters. The summed E-state index contributed by atoms with van der Waals surface area (Å²) < 4.78 is 0. The first kappa shape index (κ1) is 16.5. The van der Waals surface area contributed by atoms with Gasteiger partial charge in [-0.25, -0.2) is 4.98 Å². The summed E-state index contributed by atoms with van der Waals surface area (Å²) in [6.45, 7) is 1.27. The van der Waals surface area contributed by atoms with Crippen LogP contribution in [0, 0.1) is 0 Å². The van der Waals surface area contributed by atoms with E-state index in [1.54, 1.807) is 5.38 Å². The summed E-state index contributed by atoms with van der Waals surface area (Å²) in [5, 5.41) is 18.4. The molecule has 0 aliphatic rings. The van der Waals surface area contributed by atoms with Crippen molar-refractivity contribution in [2.75, 3.05) is 25.0 Å². The van der Waals surface area contributed by atoms with Crippen LogP contribution in [0.3, 0.4) is 0 Å². The third kappa shape index (κ3) is 3.93. The predicted octanol–water partition coefficient (Wildman–Crippen LogP) is 2.39. The number of nitrogens with one attached hydrogen (secondary N) is 3. The van der Waals surface area contributed by atoms with E-state index in [0.29, 0.717) is 18.7 Å². The number of anilines is 1. The molecule has 0 bridgehead atoms. The molecule has 4 N–H and O–H groups in total. The van der Waals surface area contributed by atoms with E-state index in [-0.39, 0.29) is 12.5 Å². The number of para-hydroxylation sites is 1. The molecule has 1 aromatic carbocycles. The van der Waals surface area contributed by atoms with Crippen molar-refractivity contribution in [1.29, 1.82) is 0 Å². The quantitative estimate of drug-likeness (QED) is 0.472. The maximum absolute atomic E-state index is 11.9. The van der Waals surface area contributed by atoms with Crippen LogP contribution in [0.15, 0.2) is 35.8 Å². The fourth-order valence-electron chi connectivity index (χ4n) is 2.47. The van der Waals surface area contributed by atoms with Crippen LogP contribution >= 0.6 is 11.3 Å². The van der Waals surface area contributed by atoms with Gasteiger partial charge < -0.3 is 20.7 Å². The van der Waals surface area contributed by atoms with Gasteiger partial charge in [-0.3, -0.25) is 4.79 Å². The number of aromatic amines is 1. The number of fused-ring (bicyclic) bond motifs is 1. The van der Waals surface area contributed by atoms with E-state index in [2.05, 4.69) is 32.7 Å². The first-order chi connectivity index (χ1) is 11.8. The number of aromatic nitrogens is 2. The number of rotatable bonds is 8. The summed E-state index contributed by atoms with van der Waals surface area (Å²) in [5.41, 5.74) is 2.81. The maximum Gasteiger partial charge on any atom is 0.270 e. The van der Waals surface area contributed by atoms with Crippen LogP contribution < -0.4 is 10.6 Å². The zero-order valence-electron chi connectivity index (χ0n) is 13.2. The number of nitrogens with zero attached hydrogens (tertiary/aromatic N) is 1. The van der Waals surface area contributed by atoms with E-state index in [0.717, 1.165) is 23.6 Å². The molecule has 1 amide bonds. The molecule has 2 heterocycles. The average molecular weight is 344 g/mol. The molecule has 3 aromatic rings. The van der Waals surface area contributed by atoms with Gasteiger partial charge in [-0.1, -0.05) is 18.2 Å². The van der Waals surface area contributed by atoms with Gasteiger partial charge in [-0.05, 0) is 24.5 Å². The largest absolute Gasteiger partial charge is 0.396 e. The average Bonchev–Trinajstić information content (AvgIpc) is 3.23. The van der Waals surface area contributed by atoms with Gasteiger partial charge in [-0.15, -0.1) is 11.3 Å². The Kier molecular flexibility index (Phi) is 5.45. The van der Waals surface area contributed by atoms with Gasteiger partial charge in [0.05, 0.1) is 0 Å². The Morgan fingerprint density at radius 3 is 3.04 bits per heavy atom. The fraction of sp³-hybridized carbons (Fsp3) is 0.294. The second-order valence-corrected chi connectivity index (χ2v) is 6.27. The lowest BCUT2D eigenvalue weighted by atomic mass is 10.1. The zero-order valence-corrected chi connectivity index (χ0v) is 14.0. The van der Waals surface area contributed by atoms with E-state index < -0.39 is 0 Å². The van der Waals surface area contributed by atoms with Crippen LogP contribution in [0.25, 0.3) is 10.9 Å². The second-order valence-electron chi connectivity index (χ2n) is 5.41. The molecule has 0 spiro atoms. The maximum atomic E-state index is 11.9. The zero-order chi connectivity index (χ0) is 16.8. The minimum absolute atomic E-state index is 0.0674. The van der Waals surface area contributed by atoms with Crippen molar-refractivity contribution in [1.82, 2.24) is 15.3 Å². The van der Waals surface area contributed by atoms with Gasteiger partial charge in [-0.2, -0.15) is 0 Å². The Morgan fingerprint density at radius 1 is 1.29 bits per heavy atom. The fourth-order valence-corrected chi connectivity index (χ4v) is 3.19. The predicted molar refractivity (Wildman–Crippen MR) is 96.6 cm³/mol. The Labute approximate surface area is 143 Å². The van der Waals surface area contributed by atoms with Crippen molar-refractivity contribution in [3.63, 3.8) is 0 Å². The minimum Gasteiger partial charge on any atom is -0.396 e. The van der Waals surface area contributed by atoms with Crippen molar-refractivity contribution in [3.05, 3.63) is 47.1 Å². The van der Waals surface area contributed by atoms with Gasteiger partial charge in [0.2, 0.25) is 0 Å². The third-order valence-electron chi connectivity index (χ3n) is 3.70. The topological polar surface area (TPSA) is 90.0 Å². The number of amides is 1. The highest BCUT2D eigenvalue weighted by molar-refractivity contribution is 7.13. The van der Waals surface area contributed by atoms with E-state index in [1.165, 1.54) is 22.3 Å². The summed E-state index contributed by atoms with van der Waals surface area (Å²) in [5.74, 6) is -0.204. The van der Waals surface area contributed by atoms with Crippen LogP contribution in [0.4, 0.5) is 5.13 Å². The van der Waals surface area contributed by atoms with Gasteiger partial charge in [0.1, 0.15) is 5.69 Å². The molecule has 0 unspecified atom stereocenters. The molecular formula is C17H20N4O2S. The van der Waals surface area contributed by atoms with Crippen molar-refractivity contribution < 1.29 is 9.90 Å². The summed E-state index contributed by atoms with van der Waals surface area (Å²) >= 11 is 1.42. The van der Waals surface area contributed by atoms with E-state index in [1.807, 2.05) is 18.3 Å². The number of carbonyl (C=O) groups is 1. The standard InChI is InChI=1S/C17H20N4O2S/c22-9-3-7-18-16(23)15-11-24-17(21-15)19-8-6-12-10-20-14-5-2-1-4-13(12)14/h1-2,4-5,10-11,20,22H,3,6-9H2,(H,18,23)(H,19,21). The molecule has 3 rings (SSSR count). The normalized spacial score (nSPS) is 10.9. The summed E-state index contributed by atoms with van der Waals surface area (Å²) in [6.07, 6.45) is 3.46. The van der Waals surface area contributed by atoms with Crippen LogP contribution in [0.5, 0.6) is 0 Å². The number of hydrogen-bond donors (Lipinski definition) is 4. The van der Waals surface area contributed by atoms with Gasteiger partial charge in [0.25, 0.3) is 5.91 Å². The van der Waals surface area contributed by atoms with Crippen LogP contribution in [-0.2, 0) is 6.42 Å². The smallest absolute Gasteiger partial charge is 0.270 e. The number of benzene rings is 1. The number of H-pyrrole nitrogens is 1. The molecule has 6 nitrogen and oxygen atoms in total. The van der Waals surface area contributed by atoms with Crippen molar-refractivity contribution in [2.24, 2.45) is 0 Å². The molecule has 0 aliphatic heterocycles. The lowest BCUT2D eigenvalue weighted by molar-refractivity contribution is 0.0947. The van der Waals surface area contributed by atoms with Crippen molar-refractivity contribution in [3.8, 4) is 0 Å². The second kappa shape index (κ2) is 7.94. The first-order valence-electron chi connectivity index (χ1n) is 7.91. The Morgan fingerprint density at radius 2 is 2.17 bits per heavy atom. The first-order valence-corrected chi connectivity index (χ1v) is 8.79. The lowest BCUT2D eigenvalue weighted by Gasteiger charge is -2.02. The molecule has 0 radical (unpaired) electrons. The van der Waals surface area contributed by atoms with E-state index >= 15 is 0 Å². The molecule has 2 aromatic heterocycles. The highest BCUT2D eigenvalue weighted by atomic mass is 32.1. The summed E-state index contributed by atoms with van der Waals surface area (Å²) in [7, 11) is 0. The molecule has 0 saturated carbocycles.